The van der Waals surface area contributed by atoms with Crippen molar-refractivity contribution in [2.24, 2.45) is 11.8 Å². The monoisotopic (exact) mass is 413 g/mol. The smallest absolute Gasteiger partial charge is 0.475 e. The fraction of sp³-hybridized carbons (Fsp3) is 0.389. The number of aliphatic carboxylic acids is 1. The van der Waals surface area contributed by atoms with Crippen molar-refractivity contribution in [2.45, 2.75) is 12.7 Å². The Labute approximate surface area is 163 Å². The zero-order valence-corrected chi connectivity index (χ0v) is 15.5. The van der Waals surface area contributed by atoms with Crippen molar-refractivity contribution in [1.29, 1.82) is 0 Å². The third-order valence-electron chi connectivity index (χ3n) is 4.69. The minimum absolute atomic E-state index is 0.161. The van der Waals surface area contributed by atoms with Crippen LogP contribution in [0.1, 0.15) is 5.69 Å². The Hall–Kier alpha value is -2.46. The number of likely N-dealkylation sites (tertiary alicyclic amines) is 1. The highest BCUT2D eigenvalue weighted by Gasteiger charge is 2.46. The van der Waals surface area contributed by atoms with E-state index in [-0.39, 0.29) is 5.92 Å². The van der Waals surface area contributed by atoms with E-state index in [1.165, 1.54) is 0 Å². The molecule has 0 aromatic carbocycles. The molecule has 1 amide bonds. The third-order valence-corrected chi connectivity index (χ3v) is 5.36. The molecule has 10 heteroatoms. The Bertz CT molecular complexity index is 814. The van der Waals surface area contributed by atoms with Crippen molar-refractivity contribution < 1.29 is 27.9 Å². The van der Waals surface area contributed by atoms with E-state index in [0.29, 0.717) is 11.8 Å². The topological polar surface area (TPSA) is 73.7 Å². The number of anilines is 1. The number of carboxylic acid groups (broad SMARTS) is 1. The highest BCUT2D eigenvalue weighted by Crippen LogP contribution is 2.36. The van der Waals surface area contributed by atoms with Gasteiger partial charge in [-0.15, -0.1) is 0 Å². The molecule has 2 atom stereocenters. The Morgan fingerprint density at radius 3 is 2.54 bits per heavy atom. The number of amides is 1. The fourth-order valence-corrected chi connectivity index (χ4v) is 4.09. The first kappa shape index (κ1) is 20.3. The summed E-state index contributed by atoms with van der Waals surface area (Å²) in [6, 6.07) is 8.04. The van der Waals surface area contributed by atoms with Gasteiger partial charge in [0.2, 0.25) is 5.91 Å². The van der Waals surface area contributed by atoms with Crippen molar-refractivity contribution in [1.82, 2.24) is 9.88 Å². The first-order valence-corrected chi connectivity index (χ1v) is 9.46. The summed E-state index contributed by atoms with van der Waals surface area (Å²) in [7, 11) is 0. The highest BCUT2D eigenvalue weighted by molar-refractivity contribution is 7.08. The van der Waals surface area contributed by atoms with Gasteiger partial charge in [-0.3, -0.25) is 14.7 Å². The normalized spacial score (nSPS) is 22.0. The molecule has 28 heavy (non-hydrogen) atoms. The van der Waals surface area contributed by atoms with Crippen LogP contribution < -0.4 is 4.90 Å². The van der Waals surface area contributed by atoms with Crippen LogP contribution in [0.5, 0.6) is 0 Å². The maximum absolute atomic E-state index is 12.6. The number of pyridine rings is 1. The van der Waals surface area contributed by atoms with Crippen molar-refractivity contribution in [2.75, 3.05) is 24.5 Å². The molecule has 4 rings (SSSR count). The molecular formula is C18H18F3N3O3S. The maximum Gasteiger partial charge on any atom is 0.490 e. The van der Waals surface area contributed by atoms with Crippen molar-refractivity contribution in [3.05, 3.63) is 46.9 Å². The van der Waals surface area contributed by atoms with Gasteiger partial charge in [-0.2, -0.15) is 24.5 Å². The second kappa shape index (κ2) is 8.27. The van der Waals surface area contributed by atoms with Gasteiger partial charge in [0.1, 0.15) is 0 Å². The van der Waals surface area contributed by atoms with Crippen LogP contribution in [0.25, 0.3) is 0 Å². The lowest BCUT2D eigenvalue weighted by atomic mass is 10.0. The Morgan fingerprint density at radius 1 is 1.25 bits per heavy atom. The van der Waals surface area contributed by atoms with Crippen LogP contribution in [-0.2, 0) is 16.1 Å². The summed E-state index contributed by atoms with van der Waals surface area (Å²) < 4.78 is 31.7. The van der Waals surface area contributed by atoms with Crippen LogP contribution >= 0.6 is 11.3 Å². The Kier molecular flexibility index (Phi) is 5.99. The number of halogens is 3. The molecule has 1 N–H and O–H groups in total. The predicted octanol–water partition coefficient (Wildman–Crippen LogP) is 2.87. The summed E-state index contributed by atoms with van der Waals surface area (Å²) in [6.45, 7) is 3.56. The van der Waals surface area contributed by atoms with Gasteiger partial charge < -0.3 is 10.0 Å². The number of carbonyl (C=O) groups excluding carboxylic acids is 1. The first-order chi connectivity index (χ1) is 13.3. The molecule has 2 aliphatic rings. The lowest BCUT2D eigenvalue weighted by molar-refractivity contribution is -0.192. The van der Waals surface area contributed by atoms with Gasteiger partial charge in [-0.1, -0.05) is 6.07 Å². The highest BCUT2D eigenvalue weighted by atomic mass is 32.1. The standard InChI is InChI=1S/C16H17N3OS.C2HF3O2/c20-16-15-10-18(9-13-3-1-2-5-17-13)7-12(15)8-19(16)14-4-6-21-11-14;3-2(4,5)1(6)7/h1-6,11-12,15H,7-10H2;(H,6,7)/t12-,15-;/m0./s1. The number of thiophene rings is 1. The van der Waals surface area contributed by atoms with Crippen LogP contribution in [0.4, 0.5) is 18.9 Å². The van der Waals surface area contributed by atoms with Gasteiger partial charge in [0, 0.05) is 43.7 Å². The Balaban J connectivity index is 0.000000279. The summed E-state index contributed by atoms with van der Waals surface area (Å²) >= 11 is 1.65. The van der Waals surface area contributed by atoms with Gasteiger partial charge >= 0.3 is 12.1 Å². The lowest BCUT2D eigenvalue weighted by Gasteiger charge is -2.20. The average Bonchev–Trinajstić information content (AvgIpc) is 3.34. The SMILES string of the molecule is O=C(O)C(F)(F)F.O=C1[C@H]2CN(Cc3ccccn3)C[C@H]2CN1c1ccsc1. The molecule has 0 radical (unpaired) electrons. The number of aromatic nitrogens is 1. The molecular weight excluding hydrogens is 395 g/mol. The zero-order valence-electron chi connectivity index (χ0n) is 14.7. The minimum Gasteiger partial charge on any atom is -0.475 e. The predicted molar refractivity (Wildman–Crippen MR) is 96.9 cm³/mol. The molecule has 6 nitrogen and oxygen atoms in total. The van der Waals surface area contributed by atoms with E-state index in [0.717, 1.165) is 37.6 Å². The maximum atomic E-state index is 12.6. The number of rotatable bonds is 3. The minimum atomic E-state index is -5.08. The molecule has 2 aromatic heterocycles. The Morgan fingerprint density at radius 2 is 2.00 bits per heavy atom. The molecule has 0 bridgehead atoms. The quantitative estimate of drug-likeness (QED) is 0.838. The van der Waals surface area contributed by atoms with Crippen molar-refractivity contribution in [3.63, 3.8) is 0 Å². The number of fused-ring (bicyclic) bond motifs is 1. The molecule has 2 saturated heterocycles. The van der Waals surface area contributed by atoms with Crippen LogP contribution in [0.3, 0.4) is 0 Å². The molecule has 2 fully saturated rings. The molecule has 2 aromatic rings. The van der Waals surface area contributed by atoms with E-state index in [2.05, 4.69) is 15.3 Å². The number of nitrogens with zero attached hydrogens (tertiary/aromatic N) is 3. The molecule has 150 valence electrons. The number of hydrogen-bond donors (Lipinski definition) is 1. The van der Waals surface area contributed by atoms with Crippen molar-refractivity contribution in [3.8, 4) is 0 Å². The summed E-state index contributed by atoms with van der Waals surface area (Å²) in [5, 5.41) is 11.2. The third kappa shape index (κ3) is 4.68. The van der Waals surface area contributed by atoms with Gasteiger partial charge in [0.15, 0.2) is 0 Å². The summed E-state index contributed by atoms with van der Waals surface area (Å²) in [4.78, 5) is 30.2. The largest absolute Gasteiger partial charge is 0.490 e. The van der Waals surface area contributed by atoms with Gasteiger partial charge in [0.25, 0.3) is 0 Å². The number of hydrogen-bond acceptors (Lipinski definition) is 5. The zero-order chi connectivity index (χ0) is 20.3. The second-order valence-electron chi connectivity index (χ2n) is 6.62. The van der Waals surface area contributed by atoms with E-state index in [1.807, 2.05) is 40.7 Å². The molecule has 4 heterocycles. The second-order valence-corrected chi connectivity index (χ2v) is 7.40. The summed E-state index contributed by atoms with van der Waals surface area (Å²) in [6.07, 6.45) is -3.25. The van der Waals surface area contributed by atoms with E-state index in [4.69, 9.17) is 9.90 Å². The number of alkyl halides is 3. The fourth-order valence-electron chi connectivity index (χ4n) is 3.44. The summed E-state index contributed by atoms with van der Waals surface area (Å²) in [5.74, 6) is -1.84. The average molecular weight is 413 g/mol. The van der Waals surface area contributed by atoms with E-state index in [1.54, 1.807) is 11.3 Å². The van der Waals surface area contributed by atoms with Gasteiger partial charge in [-0.25, -0.2) is 4.79 Å². The molecule has 0 saturated carbocycles. The molecule has 0 spiro atoms. The lowest BCUT2D eigenvalue weighted by Crippen LogP contribution is -2.32. The van der Waals surface area contributed by atoms with E-state index in [9.17, 15) is 18.0 Å². The molecule has 0 aliphatic carbocycles. The summed E-state index contributed by atoms with van der Waals surface area (Å²) in [5.41, 5.74) is 2.15. The number of carboxylic acids is 1. The molecule has 2 aliphatic heterocycles. The number of carbonyl (C=O) groups is 2. The van der Waals surface area contributed by atoms with Gasteiger partial charge in [-0.05, 0) is 23.6 Å². The van der Waals surface area contributed by atoms with Crippen molar-refractivity contribution >= 4 is 28.9 Å². The van der Waals surface area contributed by atoms with Crippen LogP contribution in [-0.4, -0.2) is 52.7 Å². The molecule has 0 unspecified atom stereocenters. The van der Waals surface area contributed by atoms with Gasteiger partial charge in [0.05, 0.1) is 17.3 Å². The van der Waals surface area contributed by atoms with E-state index >= 15 is 0 Å². The van der Waals surface area contributed by atoms with Crippen LogP contribution in [0.2, 0.25) is 0 Å². The van der Waals surface area contributed by atoms with Crippen LogP contribution in [0.15, 0.2) is 41.2 Å². The van der Waals surface area contributed by atoms with E-state index < -0.39 is 12.1 Å². The van der Waals surface area contributed by atoms with Crippen LogP contribution in [0, 0.1) is 11.8 Å². The first-order valence-electron chi connectivity index (χ1n) is 8.51.